The van der Waals surface area contributed by atoms with Gasteiger partial charge in [0.25, 0.3) is 5.91 Å². The number of hydrogen-bond donors (Lipinski definition) is 1. The van der Waals surface area contributed by atoms with Crippen molar-refractivity contribution in [1.82, 2.24) is 0 Å². The Balaban J connectivity index is 2.14. The van der Waals surface area contributed by atoms with E-state index in [2.05, 4.69) is 35.1 Å². The first kappa shape index (κ1) is 14.8. The van der Waals surface area contributed by atoms with E-state index in [1.54, 1.807) is 0 Å². The van der Waals surface area contributed by atoms with Crippen molar-refractivity contribution in [2.45, 2.75) is 26.7 Å². The van der Waals surface area contributed by atoms with E-state index >= 15 is 0 Å². The largest absolute Gasteiger partial charge is 0.322 e. The number of aryl methyl sites for hydroxylation is 1. The lowest BCUT2D eigenvalue weighted by atomic mass is 10.0. The molecule has 0 spiro atoms. The normalized spacial score (nSPS) is 10.7. The number of amides is 1. The lowest BCUT2D eigenvalue weighted by Crippen LogP contribution is -2.12. The van der Waals surface area contributed by atoms with Crippen LogP contribution in [0, 0.1) is 6.92 Å². The maximum atomic E-state index is 12.2. The number of rotatable bonds is 3. The first-order valence-electron chi connectivity index (χ1n) is 6.64. The topological polar surface area (TPSA) is 29.1 Å². The molecule has 1 N–H and O–H groups in total. The van der Waals surface area contributed by atoms with Crippen LogP contribution in [0.1, 0.15) is 41.3 Å². The Morgan fingerprint density at radius 2 is 1.75 bits per heavy atom. The Morgan fingerprint density at radius 1 is 1.10 bits per heavy atom. The molecule has 3 heteroatoms. The van der Waals surface area contributed by atoms with Crippen LogP contribution in [0.25, 0.3) is 0 Å². The molecular weight excluding hydrogens is 314 g/mol. The highest BCUT2D eigenvalue weighted by atomic mass is 79.9. The molecule has 2 rings (SSSR count). The van der Waals surface area contributed by atoms with Crippen molar-refractivity contribution in [3.05, 3.63) is 63.6 Å². The Kier molecular flexibility index (Phi) is 4.61. The molecule has 0 aliphatic carbocycles. The highest BCUT2D eigenvalue weighted by molar-refractivity contribution is 9.10. The first-order valence-corrected chi connectivity index (χ1v) is 7.43. The van der Waals surface area contributed by atoms with Crippen LogP contribution in [-0.4, -0.2) is 5.91 Å². The van der Waals surface area contributed by atoms with Gasteiger partial charge in [-0.3, -0.25) is 4.79 Å². The van der Waals surface area contributed by atoms with Gasteiger partial charge >= 0.3 is 0 Å². The smallest absolute Gasteiger partial charge is 0.255 e. The van der Waals surface area contributed by atoms with Gasteiger partial charge in [-0.05, 0) is 54.3 Å². The molecule has 0 aliphatic rings. The molecule has 0 aromatic heterocycles. The van der Waals surface area contributed by atoms with Crippen molar-refractivity contribution in [3.63, 3.8) is 0 Å². The third-order valence-electron chi connectivity index (χ3n) is 3.14. The fourth-order valence-corrected chi connectivity index (χ4v) is 2.63. The molecule has 0 saturated heterocycles. The van der Waals surface area contributed by atoms with Gasteiger partial charge in [0.05, 0.1) is 0 Å². The van der Waals surface area contributed by atoms with Crippen molar-refractivity contribution in [2.75, 3.05) is 5.32 Å². The van der Waals surface area contributed by atoms with E-state index < -0.39 is 0 Å². The molecule has 0 saturated carbocycles. The maximum Gasteiger partial charge on any atom is 0.255 e. The lowest BCUT2D eigenvalue weighted by molar-refractivity contribution is 0.102. The first-order chi connectivity index (χ1) is 9.45. The predicted octanol–water partition coefficient (Wildman–Crippen LogP) is 5.13. The maximum absolute atomic E-state index is 12.2. The number of hydrogen-bond acceptors (Lipinski definition) is 1. The highest BCUT2D eigenvalue weighted by Gasteiger charge is 2.08. The molecular formula is C17H18BrNO. The van der Waals surface area contributed by atoms with Crippen molar-refractivity contribution in [2.24, 2.45) is 0 Å². The van der Waals surface area contributed by atoms with Crippen molar-refractivity contribution in [3.8, 4) is 0 Å². The average Bonchev–Trinajstić information content (AvgIpc) is 2.38. The number of halogens is 1. The Labute approximate surface area is 128 Å². The molecule has 0 bridgehead atoms. The number of carbonyl (C=O) groups is 1. The monoisotopic (exact) mass is 331 g/mol. The van der Waals surface area contributed by atoms with Crippen LogP contribution in [0.5, 0.6) is 0 Å². The summed E-state index contributed by atoms with van der Waals surface area (Å²) in [5.41, 5.74) is 3.79. The second-order valence-electron chi connectivity index (χ2n) is 5.25. The predicted molar refractivity (Wildman–Crippen MR) is 87.4 cm³/mol. The summed E-state index contributed by atoms with van der Waals surface area (Å²) >= 11 is 3.41. The van der Waals surface area contributed by atoms with Gasteiger partial charge in [-0.1, -0.05) is 41.9 Å². The minimum Gasteiger partial charge on any atom is -0.322 e. The lowest BCUT2D eigenvalue weighted by Gasteiger charge is -2.09. The van der Waals surface area contributed by atoms with Gasteiger partial charge in [0.1, 0.15) is 0 Å². The standard InChI is InChI=1S/C17H18BrNO/c1-11(2)13-4-6-16(7-5-13)19-17(20)14-8-12(3)9-15(18)10-14/h4-11H,1-3H3,(H,19,20). The van der Waals surface area contributed by atoms with Crippen LogP contribution >= 0.6 is 15.9 Å². The highest BCUT2D eigenvalue weighted by Crippen LogP contribution is 2.19. The summed E-state index contributed by atoms with van der Waals surface area (Å²) in [5.74, 6) is 0.402. The summed E-state index contributed by atoms with van der Waals surface area (Å²) in [6.07, 6.45) is 0. The van der Waals surface area contributed by atoms with Crippen molar-refractivity contribution >= 4 is 27.5 Å². The number of benzene rings is 2. The van der Waals surface area contributed by atoms with Crippen LogP contribution in [0.15, 0.2) is 46.9 Å². The van der Waals surface area contributed by atoms with E-state index in [-0.39, 0.29) is 5.91 Å². The molecule has 0 aliphatic heterocycles. The molecule has 0 atom stereocenters. The quantitative estimate of drug-likeness (QED) is 0.829. The zero-order valence-electron chi connectivity index (χ0n) is 11.9. The average molecular weight is 332 g/mol. The fraction of sp³-hybridized carbons (Fsp3) is 0.235. The number of nitrogens with one attached hydrogen (secondary N) is 1. The third-order valence-corrected chi connectivity index (χ3v) is 3.60. The molecule has 0 fully saturated rings. The third kappa shape index (κ3) is 3.70. The number of anilines is 1. The molecule has 0 unspecified atom stereocenters. The summed E-state index contributed by atoms with van der Waals surface area (Å²) in [5, 5.41) is 2.92. The van der Waals surface area contributed by atoms with Crippen LogP contribution in [0.3, 0.4) is 0 Å². The molecule has 0 heterocycles. The van der Waals surface area contributed by atoms with Gasteiger partial charge in [0.15, 0.2) is 0 Å². The van der Waals surface area contributed by atoms with Crippen LogP contribution in [-0.2, 0) is 0 Å². The molecule has 2 aromatic rings. The minimum atomic E-state index is -0.0910. The summed E-state index contributed by atoms with van der Waals surface area (Å²) in [6, 6.07) is 13.7. The second-order valence-corrected chi connectivity index (χ2v) is 6.16. The molecule has 1 amide bonds. The van der Waals surface area contributed by atoms with Gasteiger partial charge < -0.3 is 5.32 Å². The zero-order chi connectivity index (χ0) is 14.7. The van der Waals surface area contributed by atoms with Crippen LogP contribution in [0.4, 0.5) is 5.69 Å². The fourth-order valence-electron chi connectivity index (χ4n) is 2.02. The molecule has 2 aromatic carbocycles. The van der Waals surface area contributed by atoms with E-state index in [0.29, 0.717) is 11.5 Å². The second kappa shape index (κ2) is 6.23. The molecule has 2 nitrogen and oxygen atoms in total. The number of carbonyl (C=O) groups excluding carboxylic acids is 1. The van der Waals surface area contributed by atoms with E-state index in [4.69, 9.17) is 0 Å². The van der Waals surface area contributed by atoms with Gasteiger partial charge in [-0.15, -0.1) is 0 Å². The van der Waals surface area contributed by atoms with Gasteiger partial charge in [-0.25, -0.2) is 0 Å². The van der Waals surface area contributed by atoms with E-state index in [0.717, 1.165) is 15.7 Å². The zero-order valence-corrected chi connectivity index (χ0v) is 13.5. The van der Waals surface area contributed by atoms with Gasteiger partial charge in [0, 0.05) is 15.7 Å². The Bertz CT molecular complexity index is 597. The molecule has 20 heavy (non-hydrogen) atoms. The summed E-state index contributed by atoms with van der Waals surface area (Å²) in [7, 11) is 0. The van der Waals surface area contributed by atoms with E-state index in [1.807, 2.05) is 49.4 Å². The van der Waals surface area contributed by atoms with Crippen molar-refractivity contribution < 1.29 is 4.79 Å². The SMILES string of the molecule is Cc1cc(Br)cc(C(=O)Nc2ccc(C(C)C)cc2)c1. The van der Waals surface area contributed by atoms with Gasteiger partial charge in [-0.2, -0.15) is 0 Å². The Hall–Kier alpha value is -1.61. The van der Waals surface area contributed by atoms with Gasteiger partial charge in [0.2, 0.25) is 0 Å². The van der Waals surface area contributed by atoms with Crippen LogP contribution in [0.2, 0.25) is 0 Å². The summed E-state index contributed by atoms with van der Waals surface area (Å²) < 4.78 is 0.915. The summed E-state index contributed by atoms with van der Waals surface area (Å²) in [6.45, 7) is 6.27. The summed E-state index contributed by atoms with van der Waals surface area (Å²) in [4.78, 5) is 12.2. The minimum absolute atomic E-state index is 0.0910. The Morgan fingerprint density at radius 3 is 2.30 bits per heavy atom. The van der Waals surface area contributed by atoms with E-state index in [9.17, 15) is 4.79 Å². The molecule has 0 radical (unpaired) electrons. The molecule has 104 valence electrons. The van der Waals surface area contributed by atoms with Crippen molar-refractivity contribution in [1.29, 1.82) is 0 Å². The van der Waals surface area contributed by atoms with Crippen LogP contribution < -0.4 is 5.32 Å². The van der Waals surface area contributed by atoms with E-state index in [1.165, 1.54) is 5.56 Å².